The second-order valence-electron chi connectivity index (χ2n) is 5.58. The summed E-state index contributed by atoms with van der Waals surface area (Å²) in [6.45, 7) is 3.88. The van der Waals surface area contributed by atoms with Gasteiger partial charge in [0.15, 0.2) is 0 Å². The van der Waals surface area contributed by atoms with Crippen molar-refractivity contribution < 1.29 is 14.3 Å². The second kappa shape index (κ2) is 8.58. The Hall–Kier alpha value is -3.46. The summed E-state index contributed by atoms with van der Waals surface area (Å²) in [5.74, 6) is 0.699. The van der Waals surface area contributed by atoms with Gasteiger partial charge in [0.1, 0.15) is 23.1 Å². The van der Waals surface area contributed by atoms with Gasteiger partial charge in [0.2, 0.25) is 0 Å². The van der Waals surface area contributed by atoms with E-state index in [1.165, 1.54) is 13.3 Å². The summed E-state index contributed by atoms with van der Waals surface area (Å²) in [5.41, 5.74) is 3.22. The van der Waals surface area contributed by atoms with Crippen molar-refractivity contribution in [1.29, 1.82) is 5.26 Å². The van der Waals surface area contributed by atoms with Gasteiger partial charge in [-0.25, -0.2) is 0 Å². The van der Waals surface area contributed by atoms with Crippen LogP contribution in [0.15, 0.2) is 48.2 Å². The van der Waals surface area contributed by atoms with E-state index in [-0.39, 0.29) is 5.57 Å². The summed E-state index contributed by atoms with van der Waals surface area (Å²) in [6, 6.07) is 12.7. The van der Waals surface area contributed by atoms with Crippen LogP contribution in [0.4, 0.5) is 11.4 Å². The molecule has 0 spiro atoms. The van der Waals surface area contributed by atoms with Crippen molar-refractivity contribution in [2.24, 2.45) is 0 Å². The van der Waals surface area contributed by atoms with Gasteiger partial charge < -0.3 is 20.1 Å². The standard InChI is InChI=1S/C20H21N3O3/c1-13-6-5-7-17(14(13)2)23-20(24)15(11-21)12-22-18-10-16(25-3)8-9-19(18)26-4/h5-10,12,22H,1-4H3,(H,23,24)/b15-12-. The van der Waals surface area contributed by atoms with Gasteiger partial charge in [-0.3, -0.25) is 4.79 Å². The summed E-state index contributed by atoms with van der Waals surface area (Å²) in [5, 5.41) is 15.0. The first-order valence-electron chi connectivity index (χ1n) is 7.96. The minimum atomic E-state index is -0.490. The van der Waals surface area contributed by atoms with Crippen LogP contribution < -0.4 is 20.1 Å². The number of carbonyl (C=O) groups excluding carboxylic acids is 1. The zero-order chi connectivity index (χ0) is 19.1. The lowest BCUT2D eigenvalue weighted by Gasteiger charge is -2.11. The molecule has 2 N–H and O–H groups in total. The number of rotatable bonds is 6. The molecule has 0 saturated heterocycles. The molecule has 6 heteroatoms. The third-order valence-corrected chi connectivity index (χ3v) is 4.00. The van der Waals surface area contributed by atoms with Crippen LogP contribution in [-0.4, -0.2) is 20.1 Å². The Kier molecular flexibility index (Phi) is 6.23. The fraction of sp³-hybridized carbons (Fsp3) is 0.200. The van der Waals surface area contributed by atoms with Gasteiger partial charge in [0.25, 0.3) is 5.91 Å². The van der Waals surface area contributed by atoms with E-state index in [4.69, 9.17) is 9.47 Å². The highest BCUT2D eigenvalue weighted by Gasteiger charge is 2.12. The van der Waals surface area contributed by atoms with Crippen molar-refractivity contribution in [2.45, 2.75) is 13.8 Å². The highest BCUT2D eigenvalue weighted by Crippen LogP contribution is 2.29. The molecule has 0 radical (unpaired) electrons. The fourth-order valence-electron chi connectivity index (χ4n) is 2.30. The number of amides is 1. The zero-order valence-corrected chi connectivity index (χ0v) is 15.2. The molecule has 0 aliphatic carbocycles. The minimum absolute atomic E-state index is 0.0595. The van der Waals surface area contributed by atoms with Gasteiger partial charge in [-0.05, 0) is 43.2 Å². The summed E-state index contributed by atoms with van der Waals surface area (Å²) in [4.78, 5) is 12.4. The predicted octanol–water partition coefficient (Wildman–Crippen LogP) is 3.78. The number of nitrogens with zero attached hydrogens (tertiary/aromatic N) is 1. The maximum Gasteiger partial charge on any atom is 0.267 e. The zero-order valence-electron chi connectivity index (χ0n) is 15.2. The Labute approximate surface area is 153 Å². The number of hydrogen-bond donors (Lipinski definition) is 2. The van der Waals surface area contributed by atoms with Crippen LogP contribution in [-0.2, 0) is 4.79 Å². The molecule has 0 heterocycles. The van der Waals surface area contributed by atoms with E-state index >= 15 is 0 Å². The van der Waals surface area contributed by atoms with Crippen molar-refractivity contribution in [2.75, 3.05) is 24.9 Å². The third kappa shape index (κ3) is 4.33. The molecule has 134 valence electrons. The number of ether oxygens (including phenoxy) is 2. The van der Waals surface area contributed by atoms with Gasteiger partial charge in [0.05, 0.1) is 19.9 Å². The molecule has 0 aromatic heterocycles. The van der Waals surface area contributed by atoms with E-state index in [0.717, 1.165) is 11.1 Å². The molecular formula is C20H21N3O3. The quantitative estimate of drug-likeness (QED) is 0.611. The molecule has 1 amide bonds. The van der Waals surface area contributed by atoms with Crippen LogP contribution in [0.2, 0.25) is 0 Å². The molecule has 0 saturated carbocycles. The lowest BCUT2D eigenvalue weighted by atomic mass is 10.1. The van der Waals surface area contributed by atoms with E-state index in [0.29, 0.717) is 22.9 Å². The topological polar surface area (TPSA) is 83.4 Å². The van der Waals surface area contributed by atoms with Crippen LogP contribution in [0.5, 0.6) is 11.5 Å². The van der Waals surface area contributed by atoms with Crippen molar-refractivity contribution >= 4 is 17.3 Å². The number of nitrogens with one attached hydrogen (secondary N) is 2. The predicted molar refractivity (Wildman–Crippen MR) is 101 cm³/mol. The minimum Gasteiger partial charge on any atom is -0.497 e. The second-order valence-corrected chi connectivity index (χ2v) is 5.58. The largest absolute Gasteiger partial charge is 0.497 e. The van der Waals surface area contributed by atoms with Crippen molar-refractivity contribution in [3.8, 4) is 17.6 Å². The van der Waals surface area contributed by atoms with Crippen LogP contribution in [0.25, 0.3) is 0 Å². The molecule has 0 atom stereocenters. The van der Waals surface area contributed by atoms with Gasteiger partial charge in [0, 0.05) is 18.0 Å². The Bertz CT molecular complexity index is 882. The molecular weight excluding hydrogens is 330 g/mol. The summed E-state index contributed by atoms with van der Waals surface area (Å²) < 4.78 is 10.4. The summed E-state index contributed by atoms with van der Waals surface area (Å²) >= 11 is 0. The number of carbonyl (C=O) groups is 1. The fourth-order valence-corrected chi connectivity index (χ4v) is 2.30. The van der Waals surface area contributed by atoms with Crippen LogP contribution in [0, 0.1) is 25.2 Å². The number of nitriles is 1. The van der Waals surface area contributed by atoms with Crippen molar-refractivity contribution in [3.63, 3.8) is 0 Å². The van der Waals surface area contributed by atoms with Gasteiger partial charge >= 0.3 is 0 Å². The third-order valence-electron chi connectivity index (χ3n) is 4.00. The normalized spacial score (nSPS) is 10.7. The molecule has 0 unspecified atom stereocenters. The molecule has 0 bridgehead atoms. The molecule has 2 aromatic carbocycles. The maximum atomic E-state index is 12.4. The first-order chi connectivity index (χ1) is 12.5. The van der Waals surface area contributed by atoms with E-state index in [2.05, 4.69) is 10.6 Å². The average molecular weight is 351 g/mol. The highest BCUT2D eigenvalue weighted by atomic mass is 16.5. The van der Waals surface area contributed by atoms with Crippen molar-refractivity contribution in [1.82, 2.24) is 0 Å². The Morgan fingerprint density at radius 3 is 2.54 bits per heavy atom. The molecule has 2 aromatic rings. The van der Waals surface area contributed by atoms with Gasteiger partial charge in [-0.1, -0.05) is 12.1 Å². The molecule has 0 fully saturated rings. The number of hydrogen-bond acceptors (Lipinski definition) is 5. The molecule has 2 rings (SSSR count). The summed E-state index contributed by atoms with van der Waals surface area (Å²) in [7, 11) is 3.09. The molecule has 0 aliphatic heterocycles. The summed E-state index contributed by atoms with van der Waals surface area (Å²) in [6.07, 6.45) is 1.34. The average Bonchev–Trinajstić information content (AvgIpc) is 2.65. The monoisotopic (exact) mass is 351 g/mol. The smallest absolute Gasteiger partial charge is 0.267 e. The van der Waals surface area contributed by atoms with Crippen LogP contribution in [0.1, 0.15) is 11.1 Å². The molecule has 26 heavy (non-hydrogen) atoms. The Balaban J connectivity index is 2.21. The maximum absolute atomic E-state index is 12.4. The highest BCUT2D eigenvalue weighted by molar-refractivity contribution is 6.07. The van der Waals surface area contributed by atoms with Gasteiger partial charge in [-0.15, -0.1) is 0 Å². The van der Waals surface area contributed by atoms with Crippen molar-refractivity contribution in [3.05, 3.63) is 59.3 Å². The lowest BCUT2D eigenvalue weighted by molar-refractivity contribution is -0.112. The van der Waals surface area contributed by atoms with Gasteiger partial charge in [-0.2, -0.15) is 5.26 Å². The van der Waals surface area contributed by atoms with Crippen LogP contribution >= 0.6 is 0 Å². The van der Waals surface area contributed by atoms with E-state index in [1.807, 2.05) is 32.0 Å². The number of methoxy groups -OCH3 is 2. The molecule has 6 nitrogen and oxygen atoms in total. The molecule has 0 aliphatic rings. The Morgan fingerprint density at radius 1 is 1.12 bits per heavy atom. The number of aryl methyl sites for hydroxylation is 1. The number of benzene rings is 2. The SMILES string of the molecule is COc1ccc(OC)c(N/C=C(/C#N)C(=O)Nc2cccc(C)c2C)c1. The Morgan fingerprint density at radius 2 is 1.88 bits per heavy atom. The van der Waals surface area contributed by atoms with Crippen LogP contribution in [0.3, 0.4) is 0 Å². The first-order valence-corrected chi connectivity index (χ1v) is 7.96. The van der Waals surface area contributed by atoms with E-state index in [1.54, 1.807) is 31.4 Å². The van der Waals surface area contributed by atoms with E-state index in [9.17, 15) is 10.1 Å². The first kappa shape index (κ1) is 18.9. The van der Waals surface area contributed by atoms with E-state index < -0.39 is 5.91 Å². The number of anilines is 2. The lowest BCUT2D eigenvalue weighted by Crippen LogP contribution is -2.15.